The first kappa shape index (κ1) is 19.0. The van der Waals surface area contributed by atoms with E-state index in [1.165, 1.54) is 83.5 Å². The second kappa shape index (κ2) is 14.4. The maximum absolute atomic E-state index is 2.43. The molecule has 0 aromatic carbocycles. The van der Waals surface area contributed by atoms with Gasteiger partial charge in [-0.05, 0) is 18.3 Å². The molecule has 0 aliphatic carbocycles. The zero-order valence-electron chi connectivity index (χ0n) is 14.3. The lowest BCUT2D eigenvalue weighted by Crippen LogP contribution is -1.97. The van der Waals surface area contributed by atoms with E-state index in [1.54, 1.807) is 5.92 Å². The maximum Gasteiger partial charge on any atom is -0.0303 e. The summed E-state index contributed by atoms with van der Waals surface area (Å²) >= 11 is 0. The van der Waals surface area contributed by atoms with Crippen LogP contribution in [0.3, 0.4) is 0 Å². The quantitative estimate of drug-likeness (QED) is 0.289. The molecule has 0 rings (SSSR count). The smallest absolute Gasteiger partial charge is 0.0303 e. The number of rotatable bonds is 14. The van der Waals surface area contributed by atoms with Gasteiger partial charge >= 0.3 is 0 Å². The van der Waals surface area contributed by atoms with Gasteiger partial charge in [-0.25, -0.2) is 0 Å². The van der Waals surface area contributed by atoms with Gasteiger partial charge in [-0.3, -0.25) is 0 Å². The summed E-state index contributed by atoms with van der Waals surface area (Å²) in [5, 5.41) is 0. The van der Waals surface area contributed by atoms with Gasteiger partial charge in [0.2, 0.25) is 0 Å². The Bertz CT molecular complexity index is 159. The minimum atomic E-state index is 0.934. The monoisotopic (exact) mass is 267 g/mol. The Hall–Kier alpha value is 0. The molecule has 0 saturated heterocycles. The highest BCUT2D eigenvalue weighted by Crippen LogP contribution is 2.19. The Morgan fingerprint density at radius 1 is 0.684 bits per heavy atom. The normalized spacial score (nSPS) is 13.1. The van der Waals surface area contributed by atoms with Crippen LogP contribution in [0.5, 0.6) is 0 Å². The molecule has 1 unspecified atom stereocenters. The third kappa shape index (κ3) is 15.9. The molecule has 1 atom stereocenters. The summed E-state index contributed by atoms with van der Waals surface area (Å²) in [5.41, 5.74) is 0. The van der Waals surface area contributed by atoms with Crippen molar-refractivity contribution in [2.24, 2.45) is 5.92 Å². The number of hydrogen-bond acceptors (Lipinski definition) is 0. The SMILES string of the molecule is CCCCCCCCCCCCC(C)CC[C](C)C. The summed E-state index contributed by atoms with van der Waals surface area (Å²) in [5.74, 6) is 2.53. The highest BCUT2D eigenvalue weighted by Gasteiger charge is 2.03. The van der Waals surface area contributed by atoms with Gasteiger partial charge in [0.1, 0.15) is 0 Å². The maximum atomic E-state index is 2.43. The molecule has 0 fully saturated rings. The van der Waals surface area contributed by atoms with Crippen LogP contribution < -0.4 is 0 Å². The van der Waals surface area contributed by atoms with Crippen molar-refractivity contribution in [3.8, 4) is 0 Å². The van der Waals surface area contributed by atoms with E-state index >= 15 is 0 Å². The molecule has 0 amide bonds. The topological polar surface area (TPSA) is 0 Å². The molecule has 0 nitrogen and oxygen atoms in total. The van der Waals surface area contributed by atoms with Crippen molar-refractivity contribution in [2.75, 3.05) is 0 Å². The van der Waals surface area contributed by atoms with E-state index in [1.807, 2.05) is 0 Å². The van der Waals surface area contributed by atoms with E-state index in [0.29, 0.717) is 0 Å². The lowest BCUT2D eigenvalue weighted by molar-refractivity contribution is 0.446. The van der Waals surface area contributed by atoms with Crippen LogP contribution in [0.1, 0.15) is 111 Å². The van der Waals surface area contributed by atoms with Crippen LogP contribution in [0, 0.1) is 11.8 Å². The van der Waals surface area contributed by atoms with Crippen LogP contribution in [0.2, 0.25) is 0 Å². The van der Waals surface area contributed by atoms with Gasteiger partial charge in [-0.2, -0.15) is 0 Å². The van der Waals surface area contributed by atoms with Gasteiger partial charge in [0.15, 0.2) is 0 Å². The van der Waals surface area contributed by atoms with Gasteiger partial charge in [-0.1, -0.05) is 105 Å². The molecule has 0 spiro atoms. The van der Waals surface area contributed by atoms with Gasteiger partial charge in [0.25, 0.3) is 0 Å². The zero-order valence-corrected chi connectivity index (χ0v) is 14.3. The van der Waals surface area contributed by atoms with Crippen molar-refractivity contribution in [1.29, 1.82) is 0 Å². The highest BCUT2D eigenvalue weighted by atomic mass is 14.1. The van der Waals surface area contributed by atoms with E-state index in [0.717, 1.165) is 5.92 Å². The minimum Gasteiger partial charge on any atom is -0.0654 e. The van der Waals surface area contributed by atoms with Crippen molar-refractivity contribution in [3.05, 3.63) is 5.92 Å². The fourth-order valence-corrected chi connectivity index (χ4v) is 2.66. The van der Waals surface area contributed by atoms with E-state index in [2.05, 4.69) is 27.7 Å². The Labute approximate surface area is 123 Å². The first-order chi connectivity index (χ1) is 9.16. The fourth-order valence-electron chi connectivity index (χ4n) is 2.66. The molecule has 0 heterocycles. The molecule has 0 heteroatoms. The summed E-state index contributed by atoms with van der Waals surface area (Å²) in [6.07, 6.45) is 18.7. The van der Waals surface area contributed by atoms with E-state index in [4.69, 9.17) is 0 Å². The van der Waals surface area contributed by atoms with Crippen molar-refractivity contribution < 1.29 is 0 Å². The zero-order chi connectivity index (χ0) is 14.3. The van der Waals surface area contributed by atoms with E-state index in [-0.39, 0.29) is 0 Å². The molecule has 0 aromatic heterocycles. The van der Waals surface area contributed by atoms with Crippen LogP contribution in [0.25, 0.3) is 0 Å². The molecule has 0 aliphatic rings. The van der Waals surface area contributed by atoms with E-state index in [9.17, 15) is 0 Å². The highest BCUT2D eigenvalue weighted by molar-refractivity contribution is 4.77. The second-order valence-corrected chi connectivity index (χ2v) is 6.82. The van der Waals surface area contributed by atoms with Crippen LogP contribution in [0.15, 0.2) is 0 Å². The van der Waals surface area contributed by atoms with Crippen molar-refractivity contribution >= 4 is 0 Å². The van der Waals surface area contributed by atoms with Gasteiger partial charge in [0.05, 0.1) is 0 Å². The van der Waals surface area contributed by atoms with Gasteiger partial charge in [0, 0.05) is 0 Å². The van der Waals surface area contributed by atoms with Crippen LogP contribution in [-0.4, -0.2) is 0 Å². The van der Waals surface area contributed by atoms with Crippen molar-refractivity contribution in [3.63, 3.8) is 0 Å². The number of hydrogen-bond donors (Lipinski definition) is 0. The molecule has 19 heavy (non-hydrogen) atoms. The summed E-state index contributed by atoms with van der Waals surface area (Å²) in [6.45, 7) is 9.23. The average Bonchev–Trinajstić information content (AvgIpc) is 2.38. The molecule has 0 aliphatic heterocycles. The van der Waals surface area contributed by atoms with Crippen molar-refractivity contribution in [2.45, 2.75) is 111 Å². The fraction of sp³-hybridized carbons (Fsp3) is 0.947. The summed E-state index contributed by atoms with van der Waals surface area (Å²) in [7, 11) is 0. The Kier molecular flexibility index (Phi) is 14.4. The molecule has 1 radical (unpaired) electrons. The minimum absolute atomic E-state index is 0.934. The number of unbranched alkanes of at least 4 members (excludes halogenated alkanes) is 9. The lowest BCUT2D eigenvalue weighted by atomic mass is 9.94. The summed E-state index contributed by atoms with van der Waals surface area (Å²) in [6, 6.07) is 0. The Balaban J connectivity index is 3.09. The molecule has 0 N–H and O–H groups in total. The lowest BCUT2D eigenvalue weighted by Gasteiger charge is -2.12. The Morgan fingerprint density at radius 2 is 1.16 bits per heavy atom. The second-order valence-electron chi connectivity index (χ2n) is 6.82. The van der Waals surface area contributed by atoms with Crippen molar-refractivity contribution in [1.82, 2.24) is 0 Å². The van der Waals surface area contributed by atoms with Gasteiger partial charge < -0.3 is 0 Å². The summed E-state index contributed by atoms with van der Waals surface area (Å²) < 4.78 is 0. The third-order valence-electron chi connectivity index (χ3n) is 4.19. The van der Waals surface area contributed by atoms with E-state index < -0.39 is 0 Å². The molecule has 115 valence electrons. The van der Waals surface area contributed by atoms with Gasteiger partial charge in [-0.15, -0.1) is 0 Å². The standard InChI is InChI=1S/C19H39/c1-5-6-7-8-9-10-11-12-13-14-15-19(4)17-16-18(2)3/h19H,5-17H2,1-4H3. The molecule has 0 saturated carbocycles. The molecule has 0 aromatic rings. The third-order valence-corrected chi connectivity index (χ3v) is 4.19. The van der Waals surface area contributed by atoms with Crippen LogP contribution >= 0.6 is 0 Å². The molecular formula is C19H39. The molecule has 0 bridgehead atoms. The Morgan fingerprint density at radius 3 is 1.63 bits per heavy atom. The predicted octanol–water partition coefficient (Wildman–Crippen LogP) is 7.33. The predicted molar refractivity (Wildman–Crippen MR) is 89.5 cm³/mol. The molecular weight excluding hydrogens is 228 g/mol. The largest absolute Gasteiger partial charge is 0.0654 e. The first-order valence-electron chi connectivity index (χ1n) is 8.95. The first-order valence-corrected chi connectivity index (χ1v) is 8.95. The van der Waals surface area contributed by atoms with Crippen LogP contribution in [0.4, 0.5) is 0 Å². The van der Waals surface area contributed by atoms with Crippen LogP contribution in [-0.2, 0) is 0 Å². The average molecular weight is 268 g/mol. The summed E-state index contributed by atoms with van der Waals surface area (Å²) in [4.78, 5) is 0.